The third kappa shape index (κ3) is 3.75. The van der Waals surface area contributed by atoms with E-state index in [4.69, 9.17) is 4.74 Å². The molecule has 4 rings (SSSR count). The highest BCUT2D eigenvalue weighted by Crippen LogP contribution is 2.24. The van der Waals surface area contributed by atoms with Crippen LogP contribution in [0.25, 0.3) is 0 Å². The summed E-state index contributed by atoms with van der Waals surface area (Å²) in [4.78, 5) is 11.1. The van der Waals surface area contributed by atoms with E-state index in [1.165, 1.54) is 11.1 Å². The number of benzene rings is 1. The van der Waals surface area contributed by atoms with Crippen LogP contribution in [-0.4, -0.2) is 44.4 Å². The molecule has 0 bridgehead atoms. The SMILES string of the molecule is c1ccc(Cn2ncnc2[C@H]2COCCN2Cc2ccncc2)cc1. The van der Waals surface area contributed by atoms with Crippen molar-refractivity contribution in [2.24, 2.45) is 0 Å². The molecule has 1 aliphatic rings. The van der Waals surface area contributed by atoms with Gasteiger partial charge >= 0.3 is 0 Å². The normalized spacial score (nSPS) is 18.3. The van der Waals surface area contributed by atoms with Gasteiger partial charge in [0.1, 0.15) is 12.2 Å². The van der Waals surface area contributed by atoms with Crippen LogP contribution in [-0.2, 0) is 17.8 Å². The number of morpholine rings is 1. The van der Waals surface area contributed by atoms with Crippen LogP contribution in [0.15, 0.2) is 61.2 Å². The van der Waals surface area contributed by atoms with Gasteiger partial charge in [-0.25, -0.2) is 9.67 Å². The first-order valence-corrected chi connectivity index (χ1v) is 8.52. The summed E-state index contributed by atoms with van der Waals surface area (Å²) in [7, 11) is 0. The van der Waals surface area contributed by atoms with Crippen LogP contribution >= 0.6 is 0 Å². The Morgan fingerprint density at radius 1 is 1.00 bits per heavy atom. The molecule has 0 unspecified atom stereocenters. The van der Waals surface area contributed by atoms with E-state index in [0.717, 1.165) is 32.1 Å². The van der Waals surface area contributed by atoms with Crippen molar-refractivity contribution >= 4 is 0 Å². The first-order valence-electron chi connectivity index (χ1n) is 8.52. The fourth-order valence-electron chi connectivity index (χ4n) is 3.20. The van der Waals surface area contributed by atoms with Crippen LogP contribution in [0.1, 0.15) is 23.0 Å². The highest BCUT2D eigenvalue weighted by molar-refractivity contribution is 5.16. The largest absolute Gasteiger partial charge is 0.378 e. The Bertz CT molecular complexity index is 790. The molecule has 6 nitrogen and oxygen atoms in total. The van der Waals surface area contributed by atoms with Crippen LogP contribution in [0.5, 0.6) is 0 Å². The number of pyridine rings is 1. The van der Waals surface area contributed by atoms with Gasteiger partial charge in [0, 0.05) is 25.5 Å². The van der Waals surface area contributed by atoms with Crippen molar-refractivity contribution in [3.8, 4) is 0 Å². The van der Waals surface area contributed by atoms with Gasteiger partial charge in [-0.2, -0.15) is 5.10 Å². The van der Waals surface area contributed by atoms with E-state index in [9.17, 15) is 0 Å². The molecule has 0 aliphatic carbocycles. The van der Waals surface area contributed by atoms with Gasteiger partial charge in [-0.05, 0) is 23.3 Å². The average Bonchev–Trinajstić information content (AvgIpc) is 3.12. The van der Waals surface area contributed by atoms with Crippen LogP contribution in [0.2, 0.25) is 0 Å². The molecule has 128 valence electrons. The highest BCUT2D eigenvalue weighted by atomic mass is 16.5. The second-order valence-corrected chi connectivity index (χ2v) is 6.18. The van der Waals surface area contributed by atoms with E-state index in [2.05, 4.69) is 44.2 Å². The van der Waals surface area contributed by atoms with Gasteiger partial charge < -0.3 is 4.74 Å². The molecule has 0 saturated carbocycles. The lowest BCUT2D eigenvalue weighted by Gasteiger charge is -2.35. The van der Waals surface area contributed by atoms with E-state index in [0.29, 0.717) is 6.61 Å². The molecule has 1 fully saturated rings. The quantitative estimate of drug-likeness (QED) is 0.716. The highest BCUT2D eigenvalue weighted by Gasteiger charge is 2.28. The van der Waals surface area contributed by atoms with Gasteiger partial charge in [0.05, 0.1) is 25.8 Å². The second kappa shape index (κ2) is 7.55. The minimum atomic E-state index is 0.105. The number of aromatic nitrogens is 4. The zero-order chi connectivity index (χ0) is 16.9. The molecule has 0 N–H and O–H groups in total. The molecule has 1 aliphatic heterocycles. The summed E-state index contributed by atoms with van der Waals surface area (Å²) in [6.45, 7) is 3.84. The summed E-state index contributed by atoms with van der Waals surface area (Å²) < 4.78 is 7.72. The van der Waals surface area contributed by atoms with Crippen LogP contribution in [0.4, 0.5) is 0 Å². The van der Waals surface area contributed by atoms with Crippen molar-refractivity contribution in [1.29, 1.82) is 0 Å². The third-order valence-corrected chi connectivity index (χ3v) is 4.49. The lowest BCUT2D eigenvalue weighted by molar-refractivity contribution is -0.0173. The number of hydrogen-bond donors (Lipinski definition) is 0. The molecule has 0 amide bonds. The van der Waals surface area contributed by atoms with Crippen LogP contribution in [0, 0.1) is 0 Å². The molecule has 1 saturated heterocycles. The molecule has 3 aromatic rings. The second-order valence-electron chi connectivity index (χ2n) is 6.18. The van der Waals surface area contributed by atoms with E-state index >= 15 is 0 Å². The molecule has 2 aromatic heterocycles. The maximum atomic E-state index is 5.74. The van der Waals surface area contributed by atoms with Gasteiger partial charge in [-0.15, -0.1) is 0 Å². The Hall–Kier alpha value is -2.57. The third-order valence-electron chi connectivity index (χ3n) is 4.49. The Labute approximate surface area is 147 Å². The minimum absolute atomic E-state index is 0.105. The minimum Gasteiger partial charge on any atom is -0.378 e. The zero-order valence-corrected chi connectivity index (χ0v) is 14.0. The molecule has 1 aromatic carbocycles. The summed E-state index contributed by atoms with van der Waals surface area (Å²) in [5.41, 5.74) is 2.46. The Morgan fingerprint density at radius 3 is 2.64 bits per heavy atom. The fourth-order valence-corrected chi connectivity index (χ4v) is 3.20. The fraction of sp³-hybridized carbons (Fsp3) is 0.316. The predicted molar refractivity (Wildman–Crippen MR) is 93.8 cm³/mol. The summed E-state index contributed by atoms with van der Waals surface area (Å²) >= 11 is 0. The van der Waals surface area contributed by atoms with Gasteiger partial charge in [0.15, 0.2) is 0 Å². The topological polar surface area (TPSA) is 56.1 Å². The lowest BCUT2D eigenvalue weighted by atomic mass is 10.1. The molecular weight excluding hydrogens is 314 g/mol. The predicted octanol–water partition coefficient (Wildman–Crippen LogP) is 2.29. The number of ether oxygens (including phenoxy) is 1. The summed E-state index contributed by atoms with van der Waals surface area (Å²) in [6.07, 6.45) is 5.31. The van der Waals surface area contributed by atoms with Gasteiger partial charge in [0.2, 0.25) is 0 Å². The molecule has 0 radical (unpaired) electrons. The standard InChI is InChI=1S/C19H21N5O/c1-2-4-16(5-3-1)13-24-19(21-15-22-24)18-14-25-11-10-23(18)12-17-6-8-20-9-7-17/h1-9,15,18H,10-14H2/t18-/m1/s1. The van der Waals surface area contributed by atoms with Crippen LogP contribution < -0.4 is 0 Å². The van der Waals surface area contributed by atoms with Gasteiger partial charge in [-0.3, -0.25) is 9.88 Å². The van der Waals surface area contributed by atoms with Crippen molar-refractivity contribution in [2.75, 3.05) is 19.8 Å². The maximum absolute atomic E-state index is 5.74. The lowest BCUT2D eigenvalue weighted by Crippen LogP contribution is -2.40. The average molecular weight is 335 g/mol. The van der Waals surface area contributed by atoms with Crippen molar-refractivity contribution in [3.05, 3.63) is 78.1 Å². The smallest absolute Gasteiger partial charge is 0.146 e. The van der Waals surface area contributed by atoms with Gasteiger partial charge in [0.25, 0.3) is 0 Å². The van der Waals surface area contributed by atoms with E-state index in [1.54, 1.807) is 6.33 Å². The number of nitrogens with zero attached hydrogens (tertiary/aromatic N) is 5. The molecular formula is C19H21N5O. The van der Waals surface area contributed by atoms with E-state index in [1.807, 2.05) is 35.3 Å². The Kier molecular flexibility index (Phi) is 4.81. The van der Waals surface area contributed by atoms with Gasteiger partial charge in [-0.1, -0.05) is 30.3 Å². The Balaban J connectivity index is 1.56. The number of rotatable bonds is 5. The first kappa shape index (κ1) is 15.9. The molecule has 1 atom stereocenters. The summed E-state index contributed by atoms with van der Waals surface area (Å²) in [5.74, 6) is 0.956. The molecule has 0 spiro atoms. The molecule has 25 heavy (non-hydrogen) atoms. The summed E-state index contributed by atoms with van der Waals surface area (Å²) in [5, 5.41) is 4.44. The van der Waals surface area contributed by atoms with Crippen molar-refractivity contribution in [1.82, 2.24) is 24.6 Å². The zero-order valence-electron chi connectivity index (χ0n) is 14.0. The molecule has 3 heterocycles. The number of hydrogen-bond acceptors (Lipinski definition) is 5. The molecule has 6 heteroatoms. The van der Waals surface area contributed by atoms with E-state index < -0.39 is 0 Å². The monoisotopic (exact) mass is 335 g/mol. The first-order chi connectivity index (χ1) is 12.4. The van der Waals surface area contributed by atoms with Crippen molar-refractivity contribution in [3.63, 3.8) is 0 Å². The van der Waals surface area contributed by atoms with Crippen molar-refractivity contribution in [2.45, 2.75) is 19.1 Å². The van der Waals surface area contributed by atoms with Crippen molar-refractivity contribution < 1.29 is 4.74 Å². The maximum Gasteiger partial charge on any atom is 0.146 e. The van der Waals surface area contributed by atoms with Crippen LogP contribution in [0.3, 0.4) is 0 Å². The van der Waals surface area contributed by atoms with E-state index in [-0.39, 0.29) is 6.04 Å². The Morgan fingerprint density at radius 2 is 1.80 bits per heavy atom. The summed E-state index contributed by atoms with van der Waals surface area (Å²) in [6, 6.07) is 14.6.